The lowest BCUT2D eigenvalue weighted by atomic mass is 10.2. The third kappa shape index (κ3) is 3.49. The topological polar surface area (TPSA) is 55.8 Å². The minimum Gasteiger partial charge on any atom is -0.374 e. The molecule has 0 bridgehead atoms. The highest BCUT2D eigenvalue weighted by Gasteiger charge is 2.23. The van der Waals surface area contributed by atoms with Crippen molar-refractivity contribution in [2.24, 2.45) is 0 Å². The van der Waals surface area contributed by atoms with Crippen molar-refractivity contribution in [3.05, 3.63) is 48.0 Å². The Bertz CT molecular complexity index is 399. The van der Waals surface area contributed by atoms with Gasteiger partial charge < -0.3 is 14.6 Å². The molecule has 1 aromatic carbocycles. The van der Waals surface area contributed by atoms with Crippen molar-refractivity contribution in [2.45, 2.75) is 19.0 Å². The van der Waals surface area contributed by atoms with E-state index >= 15 is 0 Å². The van der Waals surface area contributed by atoms with E-state index < -0.39 is 12.4 Å². The lowest BCUT2D eigenvalue weighted by Crippen LogP contribution is -2.35. The first kappa shape index (κ1) is 12.0. The van der Waals surface area contributed by atoms with Gasteiger partial charge >= 0.3 is 0 Å². The fraction of sp³-hybridized carbons (Fsp3) is 0.308. The Balaban J connectivity index is 1.79. The maximum Gasteiger partial charge on any atom is 0.186 e. The summed E-state index contributed by atoms with van der Waals surface area (Å²) in [5.74, 6) is -0.177. The summed E-state index contributed by atoms with van der Waals surface area (Å²) in [6.45, 7) is 0.572. The lowest BCUT2D eigenvalue weighted by molar-refractivity contribution is -0.157. The molecule has 0 saturated heterocycles. The number of benzene rings is 1. The molecule has 1 heterocycles. The highest BCUT2D eigenvalue weighted by Crippen LogP contribution is 2.09. The number of hydrogen-bond acceptors (Lipinski definition) is 4. The molecule has 0 spiro atoms. The molecule has 0 fully saturated rings. The summed E-state index contributed by atoms with van der Waals surface area (Å²) in [4.78, 5) is 11.4. The summed E-state index contributed by atoms with van der Waals surface area (Å²) in [6.07, 6.45) is 0.914. The van der Waals surface area contributed by atoms with Crippen LogP contribution in [0, 0.1) is 0 Å². The first-order valence-corrected chi connectivity index (χ1v) is 5.43. The third-order valence-corrected chi connectivity index (χ3v) is 2.43. The van der Waals surface area contributed by atoms with E-state index in [0.29, 0.717) is 6.61 Å². The Labute approximate surface area is 99.5 Å². The second-order valence-corrected chi connectivity index (χ2v) is 3.78. The van der Waals surface area contributed by atoms with E-state index in [4.69, 9.17) is 9.47 Å². The molecular weight excluding hydrogens is 220 g/mol. The molecule has 0 amide bonds. The highest BCUT2D eigenvalue weighted by molar-refractivity contribution is 5.94. The fourth-order valence-electron chi connectivity index (χ4n) is 1.54. The van der Waals surface area contributed by atoms with E-state index in [0.717, 1.165) is 5.56 Å². The second kappa shape index (κ2) is 5.72. The molecule has 1 aliphatic rings. The summed E-state index contributed by atoms with van der Waals surface area (Å²) in [6, 6.07) is 9.66. The molecule has 1 aliphatic heterocycles. The van der Waals surface area contributed by atoms with Crippen molar-refractivity contribution >= 4 is 5.78 Å². The average Bonchev–Trinajstić information content (AvgIpc) is 2.35. The van der Waals surface area contributed by atoms with Crippen LogP contribution < -0.4 is 0 Å². The van der Waals surface area contributed by atoms with Gasteiger partial charge in [0, 0.05) is 0 Å². The zero-order valence-electron chi connectivity index (χ0n) is 9.28. The molecule has 0 saturated carbocycles. The number of carbonyl (C=O) groups excluding carboxylic acids is 1. The SMILES string of the molecule is O=C1C=CC(O)OC1COCc1ccccc1. The van der Waals surface area contributed by atoms with Gasteiger partial charge in [0.25, 0.3) is 0 Å². The Morgan fingerprint density at radius 2 is 2.06 bits per heavy atom. The van der Waals surface area contributed by atoms with Crippen LogP contribution in [0.1, 0.15) is 5.56 Å². The first-order chi connectivity index (χ1) is 8.25. The van der Waals surface area contributed by atoms with E-state index in [1.807, 2.05) is 30.3 Å². The molecular formula is C13H14O4. The number of rotatable bonds is 4. The summed E-state index contributed by atoms with van der Waals surface area (Å²) >= 11 is 0. The van der Waals surface area contributed by atoms with Crippen LogP contribution in [0.15, 0.2) is 42.5 Å². The summed E-state index contributed by atoms with van der Waals surface area (Å²) in [5.41, 5.74) is 1.03. The second-order valence-electron chi connectivity index (χ2n) is 3.78. The number of aliphatic hydroxyl groups is 1. The van der Waals surface area contributed by atoms with E-state index in [1.165, 1.54) is 12.2 Å². The maximum atomic E-state index is 11.4. The van der Waals surface area contributed by atoms with Gasteiger partial charge in [-0.25, -0.2) is 0 Å². The van der Waals surface area contributed by atoms with Gasteiger partial charge in [0.2, 0.25) is 0 Å². The van der Waals surface area contributed by atoms with Crippen molar-refractivity contribution in [3.63, 3.8) is 0 Å². The van der Waals surface area contributed by atoms with Crippen LogP contribution in [0.25, 0.3) is 0 Å². The largest absolute Gasteiger partial charge is 0.374 e. The van der Waals surface area contributed by atoms with Crippen LogP contribution >= 0.6 is 0 Å². The Kier molecular flexibility index (Phi) is 4.03. The Morgan fingerprint density at radius 3 is 2.82 bits per heavy atom. The number of carbonyl (C=O) groups is 1. The third-order valence-electron chi connectivity index (χ3n) is 2.43. The number of hydrogen-bond donors (Lipinski definition) is 1. The predicted molar refractivity (Wildman–Crippen MR) is 61.1 cm³/mol. The highest BCUT2D eigenvalue weighted by atomic mass is 16.6. The van der Waals surface area contributed by atoms with Gasteiger partial charge in [-0.3, -0.25) is 4.79 Å². The van der Waals surface area contributed by atoms with Crippen LogP contribution in [0.4, 0.5) is 0 Å². The maximum absolute atomic E-state index is 11.4. The molecule has 0 aromatic heterocycles. The summed E-state index contributed by atoms with van der Waals surface area (Å²) < 4.78 is 10.4. The first-order valence-electron chi connectivity index (χ1n) is 5.43. The zero-order valence-corrected chi connectivity index (χ0v) is 9.28. The molecule has 17 heavy (non-hydrogen) atoms. The van der Waals surface area contributed by atoms with Crippen LogP contribution in [-0.4, -0.2) is 29.9 Å². The minimum atomic E-state index is -1.02. The van der Waals surface area contributed by atoms with Crippen molar-refractivity contribution < 1.29 is 19.4 Å². The predicted octanol–water partition coefficient (Wildman–Crippen LogP) is 1.05. The number of ketones is 1. The van der Waals surface area contributed by atoms with Gasteiger partial charge in [-0.05, 0) is 17.7 Å². The molecule has 1 aromatic rings. The van der Waals surface area contributed by atoms with E-state index in [2.05, 4.69) is 0 Å². The smallest absolute Gasteiger partial charge is 0.186 e. The van der Waals surface area contributed by atoms with Crippen molar-refractivity contribution in [3.8, 4) is 0 Å². The van der Waals surface area contributed by atoms with Gasteiger partial charge in [0.15, 0.2) is 12.1 Å². The number of aliphatic hydroxyl groups excluding tert-OH is 1. The fourth-order valence-corrected chi connectivity index (χ4v) is 1.54. The molecule has 0 radical (unpaired) electrons. The van der Waals surface area contributed by atoms with Crippen molar-refractivity contribution in [2.75, 3.05) is 6.61 Å². The van der Waals surface area contributed by atoms with Crippen molar-refractivity contribution in [1.29, 1.82) is 0 Å². The minimum absolute atomic E-state index is 0.148. The molecule has 4 heteroatoms. The molecule has 4 nitrogen and oxygen atoms in total. The molecule has 0 aliphatic carbocycles. The van der Waals surface area contributed by atoms with Crippen LogP contribution in [0.3, 0.4) is 0 Å². The quantitative estimate of drug-likeness (QED) is 0.846. The van der Waals surface area contributed by atoms with E-state index in [1.54, 1.807) is 0 Å². The Morgan fingerprint density at radius 1 is 1.29 bits per heavy atom. The number of ether oxygens (including phenoxy) is 2. The van der Waals surface area contributed by atoms with Crippen molar-refractivity contribution in [1.82, 2.24) is 0 Å². The van der Waals surface area contributed by atoms with Gasteiger partial charge in [-0.1, -0.05) is 30.3 Å². The summed E-state index contributed by atoms with van der Waals surface area (Å²) in [5, 5.41) is 9.20. The van der Waals surface area contributed by atoms with Crippen LogP contribution in [-0.2, 0) is 20.9 Å². The van der Waals surface area contributed by atoms with E-state index in [-0.39, 0.29) is 12.4 Å². The van der Waals surface area contributed by atoms with Gasteiger partial charge in [-0.2, -0.15) is 0 Å². The Hall–Kier alpha value is -1.49. The van der Waals surface area contributed by atoms with Crippen LogP contribution in [0.5, 0.6) is 0 Å². The standard InChI is InChI=1S/C13H14O4/c14-11-6-7-13(15)17-12(11)9-16-8-10-4-2-1-3-5-10/h1-7,12-13,15H,8-9H2. The monoisotopic (exact) mass is 234 g/mol. The van der Waals surface area contributed by atoms with Gasteiger partial charge in [0.05, 0.1) is 13.2 Å². The molecule has 2 atom stereocenters. The normalized spacial score (nSPS) is 23.9. The molecule has 1 N–H and O–H groups in total. The van der Waals surface area contributed by atoms with Crippen LogP contribution in [0.2, 0.25) is 0 Å². The molecule has 90 valence electrons. The van der Waals surface area contributed by atoms with E-state index in [9.17, 15) is 9.90 Å². The molecule has 2 unspecified atom stereocenters. The van der Waals surface area contributed by atoms with Gasteiger partial charge in [-0.15, -0.1) is 0 Å². The lowest BCUT2D eigenvalue weighted by Gasteiger charge is -2.21. The average molecular weight is 234 g/mol. The summed E-state index contributed by atoms with van der Waals surface area (Å²) in [7, 11) is 0. The van der Waals surface area contributed by atoms with Gasteiger partial charge in [0.1, 0.15) is 6.10 Å². The zero-order chi connectivity index (χ0) is 12.1. The molecule has 2 rings (SSSR count).